The highest BCUT2D eigenvalue weighted by Crippen LogP contribution is 2.21. The lowest BCUT2D eigenvalue weighted by Crippen LogP contribution is -2.19. The summed E-state index contributed by atoms with van der Waals surface area (Å²) in [7, 11) is 3.32. The fraction of sp³-hybridized carbons (Fsp3) is 0.172. The van der Waals surface area contributed by atoms with E-state index >= 15 is 0 Å². The van der Waals surface area contributed by atoms with Crippen molar-refractivity contribution >= 4 is 5.70 Å². The SMILES string of the molecule is COc1ccc(/C(=C/[C+]=CC(NCc2ccco2)c2ccc(OC)cc2)NCc2ccco2)cc1. The molecule has 4 aromatic rings. The molecule has 0 bridgehead atoms. The van der Waals surface area contributed by atoms with E-state index in [0.29, 0.717) is 13.1 Å². The Morgan fingerprint density at radius 3 is 2.00 bits per heavy atom. The highest BCUT2D eigenvalue weighted by atomic mass is 16.5. The van der Waals surface area contributed by atoms with Crippen LogP contribution in [-0.4, -0.2) is 14.2 Å². The van der Waals surface area contributed by atoms with Gasteiger partial charge in [-0.05, 0) is 66.2 Å². The average molecular weight is 470 g/mol. The van der Waals surface area contributed by atoms with Crippen molar-refractivity contribution in [3.8, 4) is 11.5 Å². The van der Waals surface area contributed by atoms with Gasteiger partial charge in [0.2, 0.25) is 0 Å². The van der Waals surface area contributed by atoms with Crippen LogP contribution in [0.3, 0.4) is 0 Å². The van der Waals surface area contributed by atoms with Crippen LogP contribution in [0, 0.1) is 6.08 Å². The molecule has 2 aromatic carbocycles. The molecule has 0 aliphatic carbocycles. The molecule has 0 spiro atoms. The molecule has 2 N–H and O–H groups in total. The lowest BCUT2D eigenvalue weighted by atomic mass is 10.1. The summed E-state index contributed by atoms with van der Waals surface area (Å²) in [5, 5.41) is 6.98. The molecule has 1 unspecified atom stereocenters. The summed E-state index contributed by atoms with van der Waals surface area (Å²) in [6.45, 7) is 1.15. The molecule has 35 heavy (non-hydrogen) atoms. The van der Waals surface area contributed by atoms with Crippen LogP contribution >= 0.6 is 0 Å². The molecule has 4 rings (SSSR count). The van der Waals surface area contributed by atoms with Crippen molar-refractivity contribution in [3.63, 3.8) is 0 Å². The number of hydrogen-bond acceptors (Lipinski definition) is 6. The van der Waals surface area contributed by atoms with Gasteiger partial charge in [-0.15, -0.1) is 0 Å². The van der Waals surface area contributed by atoms with Gasteiger partial charge in [0.1, 0.15) is 23.0 Å². The van der Waals surface area contributed by atoms with Crippen LogP contribution in [0.2, 0.25) is 0 Å². The molecule has 6 nitrogen and oxygen atoms in total. The Bertz CT molecular complexity index is 1190. The van der Waals surface area contributed by atoms with Gasteiger partial charge in [0.05, 0.1) is 63.6 Å². The van der Waals surface area contributed by atoms with Gasteiger partial charge in [-0.2, -0.15) is 0 Å². The number of benzene rings is 2. The van der Waals surface area contributed by atoms with Crippen molar-refractivity contribution in [2.75, 3.05) is 14.2 Å². The molecule has 0 saturated carbocycles. The smallest absolute Gasteiger partial charge is 0.185 e. The zero-order chi connectivity index (χ0) is 24.3. The van der Waals surface area contributed by atoms with E-state index in [0.717, 1.165) is 39.8 Å². The quantitative estimate of drug-likeness (QED) is 0.199. The van der Waals surface area contributed by atoms with Crippen LogP contribution in [0.1, 0.15) is 28.7 Å². The summed E-state index contributed by atoms with van der Waals surface area (Å²) in [4.78, 5) is 0. The maximum atomic E-state index is 5.49. The van der Waals surface area contributed by atoms with Gasteiger partial charge in [0, 0.05) is 0 Å². The number of rotatable bonds is 12. The van der Waals surface area contributed by atoms with Crippen LogP contribution in [0.4, 0.5) is 0 Å². The largest absolute Gasteiger partial charge is 0.497 e. The summed E-state index contributed by atoms with van der Waals surface area (Å²) in [5.74, 6) is 3.34. The molecule has 2 aromatic heterocycles. The fourth-order valence-electron chi connectivity index (χ4n) is 3.54. The van der Waals surface area contributed by atoms with Gasteiger partial charge in [0.25, 0.3) is 0 Å². The van der Waals surface area contributed by atoms with E-state index < -0.39 is 0 Å². The van der Waals surface area contributed by atoms with E-state index in [1.165, 1.54) is 0 Å². The Hall–Kier alpha value is -4.25. The minimum absolute atomic E-state index is 0.0792. The van der Waals surface area contributed by atoms with Crippen LogP contribution in [0.5, 0.6) is 11.5 Å². The lowest BCUT2D eigenvalue weighted by molar-refractivity contribution is 0.414. The second-order valence-electron chi connectivity index (χ2n) is 7.76. The summed E-state index contributed by atoms with van der Waals surface area (Å²) in [6, 6.07) is 23.5. The van der Waals surface area contributed by atoms with Crippen molar-refractivity contribution in [3.05, 3.63) is 126 Å². The number of furan rings is 2. The minimum atomic E-state index is -0.0792. The second kappa shape index (κ2) is 12.3. The average Bonchev–Trinajstić information content (AvgIpc) is 3.63. The molecular weight excluding hydrogens is 440 g/mol. The number of ether oxygens (including phenoxy) is 2. The third-order valence-electron chi connectivity index (χ3n) is 5.48. The van der Waals surface area contributed by atoms with E-state index in [4.69, 9.17) is 18.3 Å². The molecule has 0 amide bonds. The van der Waals surface area contributed by atoms with Gasteiger partial charge >= 0.3 is 0 Å². The van der Waals surface area contributed by atoms with E-state index in [1.807, 2.05) is 84.9 Å². The molecule has 0 fully saturated rings. The van der Waals surface area contributed by atoms with Crippen LogP contribution < -0.4 is 20.1 Å². The molecule has 0 aliphatic heterocycles. The standard InChI is InChI=1S/C29H29N2O4/c1-32-24-14-10-22(11-15-24)28(30-20-26-6-4-18-34-26)8-3-9-29(31-21-27-7-5-19-35-27)23-12-16-25(33-2)17-13-23/h4-19,28,30-31H,20-21H2,1-2H3/q+1/b29-9-. The third kappa shape index (κ3) is 6.87. The van der Waals surface area contributed by atoms with Crippen molar-refractivity contribution in [1.82, 2.24) is 10.6 Å². The summed E-state index contributed by atoms with van der Waals surface area (Å²) in [5.41, 5.74) is 3.02. The summed E-state index contributed by atoms with van der Waals surface area (Å²) in [6.07, 6.45) is 10.7. The summed E-state index contributed by atoms with van der Waals surface area (Å²) < 4.78 is 21.6. The third-order valence-corrected chi connectivity index (χ3v) is 5.48. The van der Waals surface area contributed by atoms with Crippen molar-refractivity contribution in [2.45, 2.75) is 19.1 Å². The topological polar surface area (TPSA) is 68.8 Å². The Morgan fingerprint density at radius 1 is 0.829 bits per heavy atom. The summed E-state index contributed by atoms with van der Waals surface area (Å²) >= 11 is 0. The van der Waals surface area contributed by atoms with Crippen molar-refractivity contribution in [1.29, 1.82) is 0 Å². The highest BCUT2D eigenvalue weighted by molar-refractivity contribution is 5.65. The van der Waals surface area contributed by atoms with Gasteiger partial charge in [-0.25, -0.2) is 0 Å². The number of nitrogens with one attached hydrogen (secondary N) is 2. The molecule has 0 saturated heterocycles. The Labute approximate surface area is 205 Å². The van der Waals surface area contributed by atoms with E-state index in [1.54, 1.807) is 26.7 Å². The van der Waals surface area contributed by atoms with E-state index in [-0.39, 0.29) is 6.04 Å². The molecule has 178 valence electrons. The second-order valence-corrected chi connectivity index (χ2v) is 7.76. The van der Waals surface area contributed by atoms with E-state index in [2.05, 4.69) is 16.7 Å². The monoisotopic (exact) mass is 469 g/mol. The van der Waals surface area contributed by atoms with Gasteiger partial charge < -0.3 is 23.6 Å². The van der Waals surface area contributed by atoms with Gasteiger partial charge in [0.15, 0.2) is 11.8 Å². The first-order chi connectivity index (χ1) is 17.2. The highest BCUT2D eigenvalue weighted by Gasteiger charge is 2.14. The molecule has 1 atom stereocenters. The first kappa shape index (κ1) is 23.9. The van der Waals surface area contributed by atoms with Crippen LogP contribution in [0.25, 0.3) is 5.70 Å². The Morgan fingerprint density at radius 2 is 1.43 bits per heavy atom. The number of hydrogen-bond donors (Lipinski definition) is 2. The lowest BCUT2D eigenvalue weighted by Gasteiger charge is -2.13. The van der Waals surface area contributed by atoms with Crippen LogP contribution in [0.15, 0.2) is 106 Å². The molecule has 0 radical (unpaired) electrons. The van der Waals surface area contributed by atoms with Crippen LogP contribution in [-0.2, 0) is 13.1 Å². The fourth-order valence-corrected chi connectivity index (χ4v) is 3.54. The van der Waals surface area contributed by atoms with Crippen molar-refractivity contribution < 1.29 is 18.3 Å². The van der Waals surface area contributed by atoms with E-state index in [9.17, 15) is 0 Å². The Kier molecular flexibility index (Phi) is 8.38. The normalized spacial score (nSPS) is 12.3. The first-order valence-corrected chi connectivity index (χ1v) is 11.3. The molecular formula is C29H29N2O4+. The van der Waals surface area contributed by atoms with Crippen molar-refractivity contribution in [2.24, 2.45) is 0 Å². The zero-order valence-electron chi connectivity index (χ0n) is 19.9. The predicted molar refractivity (Wildman–Crippen MR) is 136 cm³/mol. The van der Waals surface area contributed by atoms with Gasteiger partial charge in [-0.1, -0.05) is 12.1 Å². The molecule has 6 heteroatoms. The molecule has 0 aliphatic rings. The maximum absolute atomic E-state index is 5.49. The minimum Gasteiger partial charge on any atom is -0.497 e. The molecule has 2 heterocycles. The maximum Gasteiger partial charge on any atom is 0.185 e. The zero-order valence-corrected chi connectivity index (χ0v) is 19.9. The van der Waals surface area contributed by atoms with Gasteiger partial charge in [-0.3, -0.25) is 5.32 Å². The number of methoxy groups -OCH3 is 2. The Balaban J connectivity index is 1.56. The number of allylic oxidation sites excluding steroid dienone is 2. The first-order valence-electron chi connectivity index (χ1n) is 11.3. The predicted octanol–water partition coefficient (Wildman–Crippen LogP) is 5.91.